The van der Waals surface area contributed by atoms with Gasteiger partial charge >= 0.3 is 0 Å². The summed E-state index contributed by atoms with van der Waals surface area (Å²) in [5.74, 6) is 0.513. The van der Waals surface area contributed by atoms with Gasteiger partial charge in [-0.3, -0.25) is 9.78 Å². The van der Waals surface area contributed by atoms with Crippen molar-refractivity contribution in [2.75, 3.05) is 31.6 Å². The maximum Gasteiger partial charge on any atom is 0.224 e. The minimum atomic E-state index is -0.0453. The normalized spacial score (nSPS) is 21.4. The van der Waals surface area contributed by atoms with Crippen LogP contribution in [0, 0.1) is 17.2 Å². The number of hydrogen-bond acceptors (Lipinski definition) is 9. The molecule has 1 saturated carbocycles. The molecule has 1 amide bonds. The van der Waals surface area contributed by atoms with E-state index in [9.17, 15) is 10.1 Å². The molecule has 194 valence electrons. The summed E-state index contributed by atoms with van der Waals surface area (Å²) in [5.41, 5.74) is 2.43. The number of amides is 1. The molecule has 6 rings (SSSR count). The number of benzene rings is 1. The number of rotatable bonds is 6. The van der Waals surface area contributed by atoms with Gasteiger partial charge in [-0.2, -0.15) is 15.3 Å². The SMILES string of the molecule is N#Cc1cc(-n2nc(Br)c3cnc(N[C@@H]4CC[C@@H](C(=O)NC[C@H]5COCCN5)C4)nc32)cc2cccnc12. The van der Waals surface area contributed by atoms with E-state index >= 15 is 0 Å². The zero-order valence-electron chi connectivity index (χ0n) is 20.5. The van der Waals surface area contributed by atoms with Crippen LogP contribution in [0.3, 0.4) is 0 Å². The molecular formula is C26H26BrN9O2. The van der Waals surface area contributed by atoms with E-state index in [1.54, 1.807) is 23.1 Å². The highest BCUT2D eigenvalue weighted by atomic mass is 79.9. The number of nitrogens with zero attached hydrogens (tertiary/aromatic N) is 6. The summed E-state index contributed by atoms with van der Waals surface area (Å²) < 4.78 is 7.77. The maximum atomic E-state index is 12.7. The molecule has 38 heavy (non-hydrogen) atoms. The summed E-state index contributed by atoms with van der Waals surface area (Å²) in [4.78, 5) is 26.3. The molecule has 3 aromatic heterocycles. The Labute approximate surface area is 227 Å². The fraction of sp³-hybridized carbons (Fsp3) is 0.385. The number of pyridine rings is 1. The Bertz CT molecular complexity index is 1540. The molecular weight excluding hydrogens is 550 g/mol. The van der Waals surface area contributed by atoms with E-state index in [1.807, 2.05) is 18.2 Å². The van der Waals surface area contributed by atoms with Gasteiger partial charge in [0.15, 0.2) is 5.65 Å². The van der Waals surface area contributed by atoms with Crippen LogP contribution < -0.4 is 16.0 Å². The first kappa shape index (κ1) is 24.7. The van der Waals surface area contributed by atoms with Crippen molar-refractivity contribution in [3.05, 3.63) is 46.8 Å². The molecule has 3 N–H and O–H groups in total. The number of hydrogen-bond donors (Lipinski definition) is 3. The average Bonchev–Trinajstić information content (AvgIpc) is 3.56. The molecule has 1 aliphatic heterocycles. The van der Waals surface area contributed by atoms with Crippen LogP contribution in [0.5, 0.6) is 0 Å². The third-order valence-corrected chi connectivity index (χ3v) is 7.68. The summed E-state index contributed by atoms with van der Waals surface area (Å²) in [6, 6.07) is 9.94. The van der Waals surface area contributed by atoms with E-state index in [-0.39, 0.29) is 23.9 Å². The number of nitriles is 1. The van der Waals surface area contributed by atoms with Crippen LogP contribution in [0.2, 0.25) is 0 Å². The summed E-state index contributed by atoms with van der Waals surface area (Å²) in [7, 11) is 0. The van der Waals surface area contributed by atoms with Crippen LogP contribution >= 0.6 is 15.9 Å². The first-order valence-electron chi connectivity index (χ1n) is 12.6. The number of fused-ring (bicyclic) bond motifs is 2. The second-order valence-corrected chi connectivity index (χ2v) is 10.4. The lowest BCUT2D eigenvalue weighted by atomic mass is 10.1. The molecule has 0 bridgehead atoms. The monoisotopic (exact) mass is 575 g/mol. The molecule has 1 aromatic carbocycles. The van der Waals surface area contributed by atoms with Crippen LogP contribution in [-0.2, 0) is 9.53 Å². The summed E-state index contributed by atoms with van der Waals surface area (Å²) in [6.07, 6.45) is 5.79. The maximum absolute atomic E-state index is 12.7. The fourth-order valence-electron chi connectivity index (χ4n) is 5.15. The van der Waals surface area contributed by atoms with Crippen LogP contribution in [0.4, 0.5) is 5.95 Å². The average molecular weight is 576 g/mol. The van der Waals surface area contributed by atoms with E-state index in [2.05, 4.69) is 53.0 Å². The topological polar surface area (TPSA) is 143 Å². The number of morpholine rings is 1. The van der Waals surface area contributed by atoms with E-state index in [0.717, 1.165) is 30.2 Å². The number of anilines is 1. The number of carbonyl (C=O) groups is 1. The van der Waals surface area contributed by atoms with Crippen molar-refractivity contribution in [3.63, 3.8) is 0 Å². The smallest absolute Gasteiger partial charge is 0.224 e. The van der Waals surface area contributed by atoms with Crippen LogP contribution in [-0.4, -0.2) is 69.0 Å². The Morgan fingerprint density at radius 1 is 1.32 bits per heavy atom. The lowest BCUT2D eigenvalue weighted by Gasteiger charge is -2.24. The van der Waals surface area contributed by atoms with Crippen molar-refractivity contribution >= 4 is 49.7 Å². The van der Waals surface area contributed by atoms with Crippen molar-refractivity contribution in [1.29, 1.82) is 5.26 Å². The molecule has 4 aromatic rings. The molecule has 11 nitrogen and oxygen atoms in total. The largest absolute Gasteiger partial charge is 0.378 e. The molecule has 3 atom stereocenters. The molecule has 0 unspecified atom stereocenters. The fourth-order valence-corrected chi connectivity index (χ4v) is 5.59. The van der Waals surface area contributed by atoms with Gasteiger partial charge in [-0.25, -0.2) is 9.67 Å². The Hall–Kier alpha value is -3.66. The Kier molecular flexibility index (Phi) is 6.88. The highest BCUT2D eigenvalue weighted by Crippen LogP contribution is 2.30. The van der Waals surface area contributed by atoms with Crippen LogP contribution in [0.15, 0.2) is 41.3 Å². The third kappa shape index (κ3) is 4.92. The molecule has 4 heterocycles. The van der Waals surface area contributed by atoms with Crippen molar-refractivity contribution in [3.8, 4) is 11.8 Å². The van der Waals surface area contributed by atoms with E-state index in [4.69, 9.17) is 9.72 Å². The lowest BCUT2D eigenvalue weighted by Crippen LogP contribution is -2.49. The summed E-state index contributed by atoms with van der Waals surface area (Å²) >= 11 is 3.51. The predicted molar refractivity (Wildman–Crippen MR) is 145 cm³/mol. The Morgan fingerprint density at radius 2 is 2.24 bits per heavy atom. The van der Waals surface area contributed by atoms with E-state index in [1.165, 1.54) is 0 Å². The van der Waals surface area contributed by atoms with Gasteiger partial charge in [0.25, 0.3) is 0 Å². The number of aromatic nitrogens is 5. The van der Waals surface area contributed by atoms with Gasteiger partial charge < -0.3 is 20.7 Å². The molecule has 2 aliphatic rings. The van der Waals surface area contributed by atoms with Crippen LogP contribution in [0.1, 0.15) is 24.8 Å². The molecule has 0 radical (unpaired) electrons. The van der Waals surface area contributed by atoms with Crippen molar-refractivity contribution in [2.24, 2.45) is 5.92 Å². The van der Waals surface area contributed by atoms with Crippen LogP contribution in [0.25, 0.3) is 27.6 Å². The highest BCUT2D eigenvalue weighted by Gasteiger charge is 2.31. The minimum absolute atomic E-state index is 0.0453. The molecule has 12 heteroatoms. The van der Waals surface area contributed by atoms with Crippen molar-refractivity contribution in [2.45, 2.75) is 31.3 Å². The predicted octanol–water partition coefficient (Wildman–Crippen LogP) is 2.68. The van der Waals surface area contributed by atoms with Gasteiger partial charge in [-0.1, -0.05) is 6.07 Å². The quantitative estimate of drug-likeness (QED) is 0.316. The number of nitrogens with one attached hydrogen (secondary N) is 3. The second-order valence-electron chi connectivity index (χ2n) is 9.64. The van der Waals surface area contributed by atoms with E-state index < -0.39 is 0 Å². The summed E-state index contributed by atoms with van der Waals surface area (Å²) in [6.45, 7) is 2.72. The number of ether oxygens (including phenoxy) is 1. The first-order valence-corrected chi connectivity index (χ1v) is 13.4. The number of carbonyl (C=O) groups excluding carboxylic acids is 1. The lowest BCUT2D eigenvalue weighted by molar-refractivity contribution is -0.125. The van der Waals surface area contributed by atoms with Crippen molar-refractivity contribution in [1.82, 2.24) is 35.4 Å². The van der Waals surface area contributed by atoms with Gasteiger partial charge in [-0.05, 0) is 53.4 Å². The molecule has 0 spiro atoms. The summed E-state index contributed by atoms with van der Waals surface area (Å²) in [5, 5.41) is 25.7. The Balaban J connectivity index is 1.19. The molecule has 2 fully saturated rings. The highest BCUT2D eigenvalue weighted by molar-refractivity contribution is 9.10. The third-order valence-electron chi connectivity index (χ3n) is 7.09. The molecule has 1 aliphatic carbocycles. The minimum Gasteiger partial charge on any atom is -0.378 e. The molecule has 1 saturated heterocycles. The van der Waals surface area contributed by atoms with Gasteiger partial charge in [0.2, 0.25) is 11.9 Å². The van der Waals surface area contributed by atoms with Gasteiger partial charge in [-0.15, -0.1) is 0 Å². The van der Waals surface area contributed by atoms with Gasteiger partial charge in [0.05, 0.1) is 35.4 Å². The zero-order chi connectivity index (χ0) is 26.1. The standard InChI is InChI=1S/C26H26BrN9O2/c27-23-21-13-32-26(33-18-4-3-16(8-18)25(37)31-12-19-14-38-7-6-29-19)34-24(21)36(35-23)20-9-15-2-1-5-30-22(15)17(10-20)11-28/h1-2,5,9-10,13,16,18-19,29H,3-4,6-8,12,14H2,(H,31,37)(H,32,33,34)/t16-,18-,19+/m1/s1. The van der Waals surface area contributed by atoms with Gasteiger partial charge in [0.1, 0.15) is 10.7 Å². The number of halogens is 1. The second kappa shape index (κ2) is 10.6. The van der Waals surface area contributed by atoms with Crippen molar-refractivity contribution < 1.29 is 9.53 Å². The van der Waals surface area contributed by atoms with Gasteiger partial charge in [0, 0.05) is 48.9 Å². The first-order chi connectivity index (χ1) is 18.6. The van der Waals surface area contributed by atoms with E-state index in [0.29, 0.717) is 59.1 Å². The Morgan fingerprint density at radius 3 is 3.08 bits per heavy atom. The zero-order valence-corrected chi connectivity index (χ0v) is 22.1.